The quantitative estimate of drug-likeness (QED) is 0.693. The lowest BCUT2D eigenvalue weighted by molar-refractivity contribution is 0.103. The Morgan fingerprint density at radius 1 is 0.889 bits per heavy atom. The van der Waals surface area contributed by atoms with Crippen LogP contribution in [-0.4, -0.2) is 14.3 Å². The Morgan fingerprint density at radius 2 is 1.67 bits per heavy atom. The predicted octanol–water partition coefficient (Wildman–Crippen LogP) is 4.71. The summed E-state index contributed by atoms with van der Waals surface area (Å²) in [6.07, 6.45) is 4.30. The molecule has 0 fully saturated rings. The summed E-state index contributed by atoms with van der Waals surface area (Å²) in [6, 6.07) is 17.3. The van der Waals surface area contributed by atoms with E-state index in [-0.39, 0.29) is 15.0 Å². The van der Waals surface area contributed by atoms with Crippen LogP contribution in [0.25, 0.3) is 0 Å². The van der Waals surface area contributed by atoms with Gasteiger partial charge in [0.1, 0.15) is 4.21 Å². The van der Waals surface area contributed by atoms with Crippen molar-refractivity contribution < 1.29 is 13.2 Å². The molecule has 2 aromatic carbocycles. The van der Waals surface area contributed by atoms with Crippen LogP contribution in [0.15, 0.2) is 69.8 Å². The fraction of sp³-hybridized carbons (Fsp3) is 0.190. The van der Waals surface area contributed by atoms with Gasteiger partial charge in [0, 0.05) is 5.69 Å². The van der Waals surface area contributed by atoms with Crippen molar-refractivity contribution in [2.75, 3.05) is 5.32 Å². The number of nitrogens with one attached hydrogen (secondary N) is 1. The molecule has 1 aromatic heterocycles. The normalized spacial score (nSPS) is 13.8. The highest BCUT2D eigenvalue weighted by atomic mass is 32.2. The summed E-state index contributed by atoms with van der Waals surface area (Å²) in [5.74, 6) is -0.270. The number of hydrogen-bond donors (Lipinski definition) is 1. The second-order valence-corrected chi connectivity index (χ2v) is 9.80. The molecule has 0 aliphatic heterocycles. The van der Waals surface area contributed by atoms with Crippen LogP contribution >= 0.6 is 11.3 Å². The van der Waals surface area contributed by atoms with Crippen LogP contribution < -0.4 is 5.32 Å². The number of thiophene rings is 1. The molecule has 6 heteroatoms. The van der Waals surface area contributed by atoms with Gasteiger partial charge in [-0.05, 0) is 67.1 Å². The molecule has 0 saturated heterocycles. The largest absolute Gasteiger partial charge is 0.321 e. The second-order valence-electron chi connectivity index (χ2n) is 6.54. The molecule has 27 heavy (non-hydrogen) atoms. The zero-order chi connectivity index (χ0) is 18.9. The monoisotopic (exact) mass is 397 g/mol. The van der Waals surface area contributed by atoms with Gasteiger partial charge in [-0.25, -0.2) is 8.42 Å². The zero-order valence-electron chi connectivity index (χ0n) is 14.6. The maximum absolute atomic E-state index is 12.7. The van der Waals surface area contributed by atoms with E-state index in [0.29, 0.717) is 4.88 Å². The summed E-state index contributed by atoms with van der Waals surface area (Å²) < 4.78 is 25.6. The molecule has 138 valence electrons. The van der Waals surface area contributed by atoms with Crippen molar-refractivity contribution in [2.45, 2.75) is 34.8 Å². The Kier molecular flexibility index (Phi) is 4.85. The van der Waals surface area contributed by atoms with Crippen LogP contribution in [0.3, 0.4) is 0 Å². The zero-order valence-corrected chi connectivity index (χ0v) is 16.3. The number of amides is 1. The fourth-order valence-corrected chi connectivity index (χ4v) is 6.01. The average Bonchev–Trinajstić information content (AvgIpc) is 3.20. The summed E-state index contributed by atoms with van der Waals surface area (Å²) in [7, 11) is -3.60. The number of hydrogen-bond acceptors (Lipinski definition) is 4. The van der Waals surface area contributed by atoms with Gasteiger partial charge in [-0.15, -0.1) is 11.3 Å². The van der Waals surface area contributed by atoms with Crippen molar-refractivity contribution in [3.05, 3.63) is 76.7 Å². The smallest absolute Gasteiger partial charge is 0.265 e. The van der Waals surface area contributed by atoms with Crippen LogP contribution in [-0.2, 0) is 22.7 Å². The first-order valence-electron chi connectivity index (χ1n) is 8.88. The van der Waals surface area contributed by atoms with Crippen LogP contribution in [0.5, 0.6) is 0 Å². The van der Waals surface area contributed by atoms with Gasteiger partial charge in [-0.2, -0.15) is 0 Å². The van der Waals surface area contributed by atoms with Gasteiger partial charge < -0.3 is 5.32 Å². The first-order valence-corrected chi connectivity index (χ1v) is 11.2. The van der Waals surface area contributed by atoms with Gasteiger partial charge in [0.25, 0.3) is 5.91 Å². The van der Waals surface area contributed by atoms with E-state index in [4.69, 9.17) is 0 Å². The maximum Gasteiger partial charge on any atom is 0.265 e. The van der Waals surface area contributed by atoms with E-state index in [1.807, 2.05) is 12.1 Å². The lowest BCUT2D eigenvalue weighted by atomic mass is 9.90. The Hall–Kier alpha value is -2.44. The second kappa shape index (κ2) is 7.29. The molecular formula is C21H19NO3S2. The molecule has 1 aliphatic rings. The molecule has 0 atom stereocenters. The minimum absolute atomic E-state index is 0.175. The molecule has 4 nitrogen and oxygen atoms in total. The molecule has 0 spiro atoms. The van der Waals surface area contributed by atoms with Gasteiger partial charge in [0.05, 0.1) is 9.77 Å². The standard InChI is InChI=1S/C21H19NO3S2/c23-21(22-18-12-6-8-15-7-4-5-11-17(15)18)19-13-14-20(26-19)27(24,25)16-9-2-1-3-10-16/h1-3,6,8-10,12-14H,4-5,7,11H2,(H,22,23). The fourth-order valence-electron chi connectivity index (χ4n) is 3.38. The average molecular weight is 398 g/mol. The van der Waals surface area contributed by atoms with Crippen molar-refractivity contribution in [2.24, 2.45) is 0 Å². The highest BCUT2D eigenvalue weighted by molar-refractivity contribution is 7.93. The molecule has 3 aromatic rings. The molecule has 1 heterocycles. The molecule has 0 radical (unpaired) electrons. The van der Waals surface area contributed by atoms with Gasteiger partial charge in [-0.1, -0.05) is 30.3 Å². The van der Waals surface area contributed by atoms with Crippen LogP contribution in [0, 0.1) is 0 Å². The maximum atomic E-state index is 12.7. The van der Waals surface area contributed by atoms with Crippen molar-refractivity contribution in [1.82, 2.24) is 0 Å². The van der Waals surface area contributed by atoms with Gasteiger partial charge in [-0.3, -0.25) is 4.79 Å². The van der Waals surface area contributed by atoms with Crippen molar-refractivity contribution in [3.8, 4) is 0 Å². The number of carbonyl (C=O) groups excluding carboxylic acids is 1. The van der Waals surface area contributed by atoms with Crippen molar-refractivity contribution >= 4 is 32.8 Å². The minimum atomic E-state index is -3.60. The van der Waals surface area contributed by atoms with Gasteiger partial charge in [0.15, 0.2) is 0 Å². The molecule has 0 unspecified atom stereocenters. The van der Waals surface area contributed by atoms with E-state index in [2.05, 4.69) is 11.4 Å². The predicted molar refractivity (Wildman–Crippen MR) is 107 cm³/mol. The summed E-state index contributed by atoms with van der Waals surface area (Å²) in [5, 5.41) is 2.97. The van der Waals surface area contributed by atoms with Crippen LogP contribution in [0.4, 0.5) is 5.69 Å². The van der Waals surface area contributed by atoms with Gasteiger partial charge in [0.2, 0.25) is 9.84 Å². The van der Waals surface area contributed by atoms with Crippen molar-refractivity contribution in [1.29, 1.82) is 0 Å². The molecule has 0 bridgehead atoms. The number of rotatable bonds is 4. The molecule has 4 rings (SSSR count). The number of anilines is 1. The third kappa shape index (κ3) is 3.55. The number of aryl methyl sites for hydroxylation is 1. The molecule has 0 saturated carbocycles. The van der Waals surface area contributed by atoms with Crippen LogP contribution in [0.1, 0.15) is 33.6 Å². The first kappa shape index (κ1) is 17.9. The minimum Gasteiger partial charge on any atom is -0.321 e. The first-order chi connectivity index (χ1) is 13.1. The third-order valence-corrected chi connectivity index (χ3v) is 8.11. The number of sulfone groups is 1. The Bertz CT molecular complexity index is 1090. The summed E-state index contributed by atoms with van der Waals surface area (Å²) >= 11 is 0.999. The highest BCUT2D eigenvalue weighted by Crippen LogP contribution is 2.30. The van der Waals surface area contributed by atoms with E-state index in [1.165, 1.54) is 23.6 Å². The topological polar surface area (TPSA) is 63.2 Å². The van der Waals surface area contributed by atoms with E-state index in [0.717, 1.165) is 36.3 Å². The molecule has 1 aliphatic carbocycles. The van der Waals surface area contributed by atoms with E-state index in [1.54, 1.807) is 36.4 Å². The number of carbonyl (C=O) groups is 1. The Morgan fingerprint density at radius 3 is 2.48 bits per heavy atom. The van der Waals surface area contributed by atoms with E-state index in [9.17, 15) is 13.2 Å². The molecule has 1 amide bonds. The molecular weight excluding hydrogens is 378 g/mol. The van der Waals surface area contributed by atoms with Crippen LogP contribution in [0.2, 0.25) is 0 Å². The van der Waals surface area contributed by atoms with E-state index >= 15 is 0 Å². The summed E-state index contributed by atoms with van der Waals surface area (Å²) in [6.45, 7) is 0. The number of fused-ring (bicyclic) bond motifs is 1. The Balaban J connectivity index is 1.58. The Labute approximate surface area is 162 Å². The lowest BCUT2D eigenvalue weighted by Crippen LogP contribution is -2.14. The third-order valence-electron chi connectivity index (χ3n) is 4.77. The SMILES string of the molecule is O=C(Nc1cccc2c1CCCC2)c1ccc(S(=O)(=O)c2ccccc2)s1. The van der Waals surface area contributed by atoms with Crippen molar-refractivity contribution in [3.63, 3.8) is 0 Å². The molecule has 1 N–H and O–H groups in total. The van der Waals surface area contributed by atoms with Gasteiger partial charge >= 0.3 is 0 Å². The summed E-state index contributed by atoms with van der Waals surface area (Å²) in [5.41, 5.74) is 3.32. The number of benzene rings is 2. The van der Waals surface area contributed by atoms with E-state index < -0.39 is 9.84 Å². The summed E-state index contributed by atoms with van der Waals surface area (Å²) in [4.78, 5) is 13.3. The lowest BCUT2D eigenvalue weighted by Gasteiger charge is -2.19. The highest BCUT2D eigenvalue weighted by Gasteiger charge is 2.22.